The van der Waals surface area contributed by atoms with Gasteiger partial charge in [-0.15, -0.1) is 0 Å². The summed E-state index contributed by atoms with van der Waals surface area (Å²) in [5, 5.41) is 8.89. The maximum atomic E-state index is 8.89. The van der Waals surface area contributed by atoms with Gasteiger partial charge in [-0.25, -0.2) is 19.6 Å². The Labute approximate surface area is 63.3 Å². The molecular weight excluding hydrogens is 198 g/mol. The summed E-state index contributed by atoms with van der Waals surface area (Å²) < 4.78 is 0. The minimum absolute atomic E-state index is 0. The summed E-state index contributed by atoms with van der Waals surface area (Å²) in [6, 6.07) is 0. The Morgan fingerprint density at radius 2 is 1.88 bits per heavy atom. The zero-order valence-electron chi connectivity index (χ0n) is 4.62. The van der Waals surface area contributed by atoms with Gasteiger partial charge in [-0.05, 0) is 6.92 Å². The average Bonchev–Trinajstić information content (AvgIpc) is 1.33. The Balaban J connectivity index is -0.0000000575. The number of aliphatic carboxylic acids is 1. The van der Waals surface area contributed by atoms with E-state index in [2.05, 4.69) is 13.5 Å². The van der Waals surface area contributed by atoms with Gasteiger partial charge in [0.1, 0.15) is 0 Å². The van der Waals surface area contributed by atoms with Gasteiger partial charge in [-0.1, -0.05) is 0 Å². The van der Waals surface area contributed by atoms with E-state index in [1.807, 2.05) is 0 Å². The molecule has 0 rings (SSSR count). The summed E-state index contributed by atoms with van der Waals surface area (Å²) >= 11 is 0. The maximum absolute atomic E-state index is 8.89. The van der Waals surface area contributed by atoms with Gasteiger partial charge in [0.2, 0.25) is 0 Å². The van der Waals surface area contributed by atoms with Crippen LogP contribution in [0.5, 0.6) is 0 Å². The van der Waals surface area contributed by atoms with E-state index in [1.54, 1.807) is 0 Å². The molecule has 0 spiro atoms. The fourth-order valence-electron chi connectivity index (χ4n) is 0. The number of carboxylic acid groups (broad SMARTS) is 1. The molecule has 0 N–H and O–H groups in total. The van der Waals surface area contributed by atoms with E-state index >= 15 is 0 Å². The number of carboxylic acids is 1. The van der Waals surface area contributed by atoms with Gasteiger partial charge < -0.3 is 9.90 Å². The van der Waals surface area contributed by atoms with Gasteiger partial charge in [0, 0.05) is 5.97 Å². The minimum atomic E-state index is -1.08. The fraction of sp³-hybridized carbons (Fsp3) is 0.200. The number of rotatable bonds is 0. The largest absolute Gasteiger partial charge is 2.00 e. The van der Waals surface area contributed by atoms with Crippen molar-refractivity contribution in [3.8, 4) is 0 Å². The first-order valence-electron chi connectivity index (χ1n) is 1.72. The summed E-state index contributed by atoms with van der Waals surface area (Å²) in [6.07, 6.45) is 1.50. The molecule has 0 aliphatic carbocycles. The van der Waals surface area contributed by atoms with Crippen molar-refractivity contribution in [2.75, 3.05) is 0 Å². The third-order valence-electron chi connectivity index (χ3n) is 0. The third kappa shape index (κ3) is 1950. The monoisotopic (exact) mass is 206 g/mol. The molecule has 0 radical (unpaired) electrons. The molecule has 0 aromatic carbocycles. The predicted molar refractivity (Wildman–Crippen MR) is 26.2 cm³/mol. The summed E-state index contributed by atoms with van der Waals surface area (Å²) in [6.45, 7) is 7.47. The average molecular weight is 207 g/mol. The SMILES string of the molecule is C=C[CH2-].CC(=O)[O-].[Pd+2]. The second-order valence-electron chi connectivity index (χ2n) is 0.780. The van der Waals surface area contributed by atoms with Gasteiger partial charge >= 0.3 is 20.4 Å². The number of allylic oxidation sites excluding steroid dienone is 1. The molecule has 0 aromatic rings. The second kappa shape index (κ2) is 15.9. The Hall–Kier alpha value is -0.258. The standard InChI is InChI=1S/C3H5.C2H4O2.Pd/c1-3-2;1-2(3)4;/h3H,1-2H2;1H3,(H,3,4);/q-1;;+2/p-1. The normalized spacial score (nSPS) is 4.62. The molecule has 0 aliphatic rings. The molecule has 50 valence electrons. The second-order valence-corrected chi connectivity index (χ2v) is 0.780. The van der Waals surface area contributed by atoms with E-state index in [4.69, 9.17) is 9.90 Å². The van der Waals surface area contributed by atoms with Crippen LogP contribution in [0.25, 0.3) is 0 Å². The van der Waals surface area contributed by atoms with Crippen LogP contribution in [-0.2, 0) is 25.2 Å². The summed E-state index contributed by atoms with van der Waals surface area (Å²) in [7, 11) is 0. The first-order valence-corrected chi connectivity index (χ1v) is 1.72. The van der Waals surface area contributed by atoms with Crippen molar-refractivity contribution < 1.29 is 30.3 Å². The summed E-state index contributed by atoms with van der Waals surface area (Å²) in [5.74, 6) is -1.08. The number of carbonyl (C=O) groups excluding carboxylic acids is 1. The molecule has 0 saturated heterocycles. The zero-order valence-corrected chi connectivity index (χ0v) is 6.18. The van der Waals surface area contributed by atoms with Crippen LogP contribution in [0.2, 0.25) is 0 Å². The molecule has 0 aromatic heterocycles. The molecule has 0 unspecified atom stereocenters. The number of hydrogen-bond donors (Lipinski definition) is 0. The predicted octanol–water partition coefficient (Wildman–Crippen LogP) is -0.240. The van der Waals surface area contributed by atoms with E-state index in [0.717, 1.165) is 6.92 Å². The molecule has 3 heteroatoms. The number of carbonyl (C=O) groups is 1. The fourth-order valence-corrected chi connectivity index (χ4v) is 0. The van der Waals surface area contributed by atoms with Crippen LogP contribution in [0.15, 0.2) is 12.7 Å². The first-order chi connectivity index (χ1) is 3.15. The molecule has 0 bridgehead atoms. The van der Waals surface area contributed by atoms with Gasteiger partial charge in [0.25, 0.3) is 0 Å². The smallest absolute Gasteiger partial charge is 0.550 e. The molecule has 0 aliphatic heterocycles. The maximum Gasteiger partial charge on any atom is 2.00 e. The van der Waals surface area contributed by atoms with Crippen molar-refractivity contribution in [3.63, 3.8) is 0 Å². The van der Waals surface area contributed by atoms with Gasteiger partial charge in [0.15, 0.2) is 0 Å². The van der Waals surface area contributed by atoms with Crippen molar-refractivity contribution in [1.29, 1.82) is 0 Å². The Morgan fingerprint density at radius 3 is 1.88 bits per heavy atom. The van der Waals surface area contributed by atoms with E-state index in [-0.39, 0.29) is 20.4 Å². The molecule has 0 fully saturated rings. The molecular formula is C5H8O2Pd. The molecule has 0 amide bonds. The van der Waals surface area contributed by atoms with Crippen molar-refractivity contribution in [3.05, 3.63) is 19.6 Å². The van der Waals surface area contributed by atoms with Crippen LogP contribution in [0, 0.1) is 6.92 Å². The molecule has 0 heterocycles. The topological polar surface area (TPSA) is 40.1 Å². The summed E-state index contributed by atoms with van der Waals surface area (Å²) in [4.78, 5) is 8.89. The van der Waals surface area contributed by atoms with Crippen LogP contribution < -0.4 is 5.11 Å². The van der Waals surface area contributed by atoms with E-state index in [1.165, 1.54) is 6.08 Å². The van der Waals surface area contributed by atoms with Crippen LogP contribution in [-0.4, -0.2) is 5.97 Å². The van der Waals surface area contributed by atoms with E-state index in [9.17, 15) is 0 Å². The van der Waals surface area contributed by atoms with Crippen molar-refractivity contribution in [2.45, 2.75) is 6.92 Å². The molecule has 2 nitrogen and oxygen atoms in total. The van der Waals surface area contributed by atoms with Gasteiger partial charge in [-0.3, -0.25) is 0 Å². The molecule has 0 atom stereocenters. The van der Waals surface area contributed by atoms with Crippen LogP contribution >= 0.6 is 0 Å². The van der Waals surface area contributed by atoms with Crippen LogP contribution in [0.4, 0.5) is 0 Å². The Bertz CT molecular complexity index is 57.4. The van der Waals surface area contributed by atoms with Crippen LogP contribution in [0.3, 0.4) is 0 Å². The van der Waals surface area contributed by atoms with Crippen molar-refractivity contribution in [2.24, 2.45) is 0 Å². The van der Waals surface area contributed by atoms with E-state index < -0.39 is 5.97 Å². The van der Waals surface area contributed by atoms with Crippen LogP contribution in [0.1, 0.15) is 6.92 Å². The van der Waals surface area contributed by atoms with Crippen molar-refractivity contribution >= 4 is 5.97 Å². The van der Waals surface area contributed by atoms with Crippen molar-refractivity contribution in [1.82, 2.24) is 0 Å². The first kappa shape index (κ1) is 15.6. The van der Waals surface area contributed by atoms with E-state index in [0.29, 0.717) is 0 Å². The van der Waals surface area contributed by atoms with Gasteiger partial charge in [-0.2, -0.15) is 0 Å². The number of hydrogen-bond acceptors (Lipinski definition) is 2. The van der Waals surface area contributed by atoms with Gasteiger partial charge in [0.05, 0.1) is 0 Å². The summed E-state index contributed by atoms with van der Waals surface area (Å²) in [5.41, 5.74) is 0. The third-order valence-corrected chi connectivity index (χ3v) is 0. The Kier molecular flexibility index (Phi) is 31.1. The molecule has 0 saturated carbocycles. The quantitative estimate of drug-likeness (QED) is 0.405. The minimum Gasteiger partial charge on any atom is -0.550 e. The zero-order chi connectivity index (χ0) is 6.28. The molecule has 8 heavy (non-hydrogen) atoms. The Morgan fingerprint density at radius 1 is 1.88 bits per heavy atom.